The molecular formula is C12H22O2. The minimum atomic E-state index is -0.517. The van der Waals surface area contributed by atoms with Crippen molar-refractivity contribution in [1.29, 1.82) is 0 Å². The van der Waals surface area contributed by atoms with Gasteiger partial charge in [-0.15, -0.1) is 0 Å². The Balaban J connectivity index is 2.13. The predicted molar refractivity (Wildman–Crippen MR) is 56.2 cm³/mol. The summed E-state index contributed by atoms with van der Waals surface area (Å²) in [5, 5.41) is 10.7. The summed E-state index contributed by atoms with van der Waals surface area (Å²) >= 11 is 0. The van der Waals surface area contributed by atoms with E-state index < -0.39 is 5.60 Å². The molecule has 0 spiro atoms. The lowest BCUT2D eigenvalue weighted by atomic mass is 9.75. The number of fused-ring (bicyclic) bond motifs is 2. The zero-order valence-electron chi connectivity index (χ0n) is 9.33. The lowest BCUT2D eigenvalue weighted by Gasteiger charge is -2.43. The Hall–Kier alpha value is -0.0800. The summed E-state index contributed by atoms with van der Waals surface area (Å²) in [7, 11) is 0. The van der Waals surface area contributed by atoms with Gasteiger partial charge in [0.15, 0.2) is 0 Å². The Labute approximate surface area is 86.6 Å². The van der Waals surface area contributed by atoms with E-state index in [9.17, 15) is 5.11 Å². The summed E-state index contributed by atoms with van der Waals surface area (Å²) in [6, 6.07) is 0. The Kier molecular flexibility index (Phi) is 2.85. The zero-order valence-corrected chi connectivity index (χ0v) is 9.33. The van der Waals surface area contributed by atoms with Crippen molar-refractivity contribution in [3.05, 3.63) is 0 Å². The molecule has 0 aromatic heterocycles. The monoisotopic (exact) mass is 198 g/mol. The minimum Gasteiger partial charge on any atom is -0.387 e. The summed E-state index contributed by atoms with van der Waals surface area (Å²) < 4.78 is 5.85. The number of hydrogen-bond acceptors (Lipinski definition) is 2. The molecule has 0 saturated carbocycles. The number of rotatable bonds is 3. The van der Waals surface area contributed by atoms with Crippen LogP contribution in [-0.2, 0) is 4.74 Å². The van der Waals surface area contributed by atoms with E-state index in [0.29, 0.717) is 12.0 Å². The lowest BCUT2D eigenvalue weighted by Crippen LogP contribution is -2.51. The Morgan fingerprint density at radius 3 is 2.64 bits per heavy atom. The molecule has 0 amide bonds. The topological polar surface area (TPSA) is 29.5 Å². The van der Waals surface area contributed by atoms with Crippen molar-refractivity contribution in [3.63, 3.8) is 0 Å². The van der Waals surface area contributed by atoms with Gasteiger partial charge in [-0.25, -0.2) is 0 Å². The van der Waals surface area contributed by atoms with Crippen LogP contribution in [0.1, 0.15) is 52.4 Å². The molecule has 82 valence electrons. The van der Waals surface area contributed by atoms with Crippen molar-refractivity contribution >= 4 is 0 Å². The summed E-state index contributed by atoms with van der Waals surface area (Å²) in [5.74, 6) is 0.423. The SMILES string of the molecule is CCC(CC)C1(O)CCC2CCC1O2. The first-order valence-corrected chi connectivity index (χ1v) is 6.08. The molecule has 3 unspecified atom stereocenters. The molecular weight excluding hydrogens is 176 g/mol. The number of aliphatic hydroxyl groups is 1. The molecule has 2 aliphatic rings. The van der Waals surface area contributed by atoms with E-state index in [1.165, 1.54) is 0 Å². The van der Waals surface area contributed by atoms with Crippen LogP contribution in [-0.4, -0.2) is 22.9 Å². The summed E-state index contributed by atoms with van der Waals surface area (Å²) in [6.45, 7) is 4.35. The Morgan fingerprint density at radius 1 is 1.29 bits per heavy atom. The van der Waals surface area contributed by atoms with Gasteiger partial charge in [0.1, 0.15) is 0 Å². The van der Waals surface area contributed by atoms with Crippen LogP contribution in [0.15, 0.2) is 0 Å². The van der Waals surface area contributed by atoms with Crippen LogP contribution in [0, 0.1) is 5.92 Å². The normalized spacial score (nSPS) is 42.0. The van der Waals surface area contributed by atoms with E-state index in [2.05, 4.69) is 13.8 Å². The molecule has 0 aliphatic carbocycles. The van der Waals surface area contributed by atoms with E-state index in [1.54, 1.807) is 0 Å². The maximum atomic E-state index is 10.7. The Bertz CT molecular complexity index is 196. The largest absolute Gasteiger partial charge is 0.387 e. The molecule has 2 heteroatoms. The highest BCUT2D eigenvalue weighted by Crippen LogP contribution is 2.44. The van der Waals surface area contributed by atoms with Crippen LogP contribution >= 0.6 is 0 Å². The van der Waals surface area contributed by atoms with Gasteiger partial charge < -0.3 is 9.84 Å². The third kappa shape index (κ3) is 1.49. The first kappa shape index (κ1) is 10.4. The second kappa shape index (κ2) is 3.82. The van der Waals surface area contributed by atoms with E-state index in [1.807, 2.05) is 0 Å². The quantitative estimate of drug-likeness (QED) is 0.755. The third-order valence-corrected chi connectivity index (χ3v) is 4.22. The molecule has 0 radical (unpaired) electrons. The van der Waals surface area contributed by atoms with Gasteiger partial charge in [-0.1, -0.05) is 26.7 Å². The maximum absolute atomic E-state index is 10.7. The van der Waals surface area contributed by atoms with Crippen molar-refractivity contribution in [2.24, 2.45) is 5.92 Å². The maximum Gasteiger partial charge on any atom is 0.0937 e. The van der Waals surface area contributed by atoms with Crippen LogP contribution in [0.2, 0.25) is 0 Å². The summed E-state index contributed by atoms with van der Waals surface area (Å²) in [4.78, 5) is 0. The molecule has 0 aromatic rings. The second-order valence-electron chi connectivity index (χ2n) is 4.87. The summed E-state index contributed by atoms with van der Waals surface area (Å²) in [6.07, 6.45) is 6.96. The predicted octanol–water partition coefficient (Wildman–Crippen LogP) is 2.50. The zero-order chi connectivity index (χ0) is 10.2. The molecule has 1 N–H and O–H groups in total. The van der Waals surface area contributed by atoms with Crippen LogP contribution in [0.25, 0.3) is 0 Å². The van der Waals surface area contributed by atoms with Crippen molar-refractivity contribution < 1.29 is 9.84 Å². The third-order valence-electron chi connectivity index (χ3n) is 4.22. The van der Waals surface area contributed by atoms with Gasteiger partial charge in [0.2, 0.25) is 0 Å². The molecule has 2 saturated heterocycles. The van der Waals surface area contributed by atoms with Crippen LogP contribution in [0.5, 0.6) is 0 Å². The molecule has 2 heterocycles. The highest BCUT2D eigenvalue weighted by atomic mass is 16.5. The average Bonchev–Trinajstić information content (AvgIpc) is 2.60. The van der Waals surface area contributed by atoms with Gasteiger partial charge in [0, 0.05) is 0 Å². The van der Waals surface area contributed by atoms with Gasteiger partial charge in [-0.2, -0.15) is 0 Å². The fourth-order valence-corrected chi connectivity index (χ4v) is 3.30. The van der Waals surface area contributed by atoms with Gasteiger partial charge in [-0.05, 0) is 31.6 Å². The van der Waals surface area contributed by atoms with Crippen molar-refractivity contribution in [2.45, 2.75) is 70.2 Å². The number of hydrogen-bond donors (Lipinski definition) is 1. The molecule has 2 nitrogen and oxygen atoms in total. The van der Waals surface area contributed by atoms with E-state index in [4.69, 9.17) is 4.74 Å². The van der Waals surface area contributed by atoms with E-state index >= 15 is 0 Å². The van der Waals surface area contributed by atoms with Crippen molar-refractivity contribution in [2.75, 3.05) is 0 Å². The van der Waals surface area contributed by atoms with Gasteiger partial charge in [-0.3, -0.25) is 0 Å². The average molecular weight is 198 g/mol. The van der Waals surface area contributed by atoms with Gasteiger partial charge in [0.25, 0.3) is 0 Å². The van der Waals surface area contributed by atoms with Crippen molar-refractivity contribution in [1.82, 2.24) is 0 Å². The second-order valence-corrected chi connectivity index (χ2v) is 4.87. The van der Waals surface area contributed by atoms with Crippen molar-refractivity contribution in [3.8, 4) is 0 Å². The van der Waals surface area contributed by atoms with Gasteiger partial charge >= 0.3 is 0 Å². The molecule has 0 aromatic carbocycles. The molecule has 2 bridgehead atoms. The molecule has 14 heavy (non-hydrogen) atoms. The highest BCUT2D eigenvalue weighted by Gasteiger charge is 2.49. The highest BCUT2D eigenvalue weighted by molar-refractivity contribution is 5.00. The number of ether oxygens (including phenoxy) is 1. The van der Waals surface area contributed by atoms with E-state index in [-0.39, 0.29) is 6.10 Å². The minimum absolute atomic E-state index is 0.131. The summed E-state index contributed by atoms with van der Waals surface area (Å²) in [5.41, 5.74) is -0.517. The molecule has 2 rings (SSSR count). The van der Waals surface area contributed by atoms with Crippen LogP contribution < -0.4 is 0 Å². The standard InChI is InChI=1S/C12H22O2/c1-3-9(4-2)12(13)8-7-10-5-6-11(12)14-10/h9-11,13H,3-8H2,1-2H3. The molecule has 2 fully saturated rings. The first-order chi connectivity index (χ1) is 6.70. The molecule has 3 atom stereocenters. The van der Waals surface area contributed by atoms with Gasteiger partial charge in [0.05, 0.1) is 17.8 Å². The fourth-order valence-electron chi connectivity index (χ4n) is 3.30. The molecule has 2 aliphatic heterocycles. The van der Waals surface area contributed by atoms with Crippen LogP contribution in [0.4, 0.5) is 0 Å². The van der Waals surface area contributed by atoms with E-state index in [0.717, 1.165) is 38.5 Å². The lowest BCUT2D eigenvalue weighted by molar-refractivity contribution is -0.171. The fraction of sp³-hybridized carbons (Fsp3) is 1.00. The first-order valence-electron chi connectivity index (χ1n) is 6.08. The Morgan fingerprint density at radius 2 is 2.00 bits per heavy atom. The van der Waals surface area contributed by atoms with Crippen LogP contribution in [0.3, 0.4) is 0 Å². The smallest absolute Gasteiger partial charge is 0.0937 e.